The highest BCUT2D eigenvalue weighted by Crippen LogP contribution is 2.15. The summed E-state index contributed by atoms with van der Waals surface area (Å²) in [4.78, 5) is 0. The van der Waals surface area contributed by atoms with Gasteiger partial charge in [-0.25, -0.2) is 0 Å². The van der Waals surface area contributed by atoms with Gasteiger partial charge in [0.15, 0.2) is 0 Å². The molecule has 0 saturated carbocycles. The topological polar surface area (TPSA) is 43.8 Å². The van der Waals surface area contributed by atoms with Crippen molar-refractivity contribution in [1.29, 1.82) is 0 Å². The van der Waals surface area contributed by atoms with Crippen molar-refractivity contribution in [3.63, 3.8) is 0 Å². The molecule has 78 valence electrons. The summed E-state index contributed by atoms with van der Waals surface area (Å²) >= 11 is 3.44. The van der Waals surface area contributed by atoms with Gasteiger partial charge in [0.1, 0.15) is 0 Å². The standard InChI is InChI=1S/C11H12BrN3/c1-8-11(13)6-14-15(8)7-9-3-2-4-10(12)5-9/h2-6H,7,13H2,1H3. The Labute approximate surface area is 97.0 Å². The smallest absolute Gasteiger partial charge is 0.0730 e. The van der Waals surface area contributed by atoms with E-state index in [1.165, 1.54) is 5.56 Å². The van der Waals surface area contributed by atoms with Crippen LogP contribution in [0.5, 0.6) is 0 Å². The fourth-order valence-electron chi connectivity index (χ4n) is 1.43. The van der Waals surface area contributed by atoms with E-state index in [9.17, 15) is 0 Å². The molecule has 4 heteroatoms. The molecule has 0 aliphatic rings. The number of rotatable bonds is 2. The van der Waals surface area contributed by atoms with Crippen molar-refractivity contribution < 1.29 is 0 Å². The van der Waals surface area contributed by atoms with Crippen molar-refractivity contribution in [2.24, 2.45) is 0 Å². The number of benzene rings is 1. The van der Waals surface area contributed by atoms with Crippen LogP contribution in [0.25, 0.3) is 0 Å². The van der Waals surface area contributed by atoms with Crippen molar-refractivity contribution in [2.45, 2.75) is 13.5 Å². The van der Waals surface area contributed by atoms with E-state index in [4.69, 9.17) is 5.73 Å². The highest BCUT2D eigenvalue weighted by atomic mass is 79.9. The molecule has 2 rings (SSSR count). The Morgan fingerprint density at radius 1 is 1.47 bits per heavy atom. The largest absolute Gasteiger partial charge is 0.396 e. The van der Waals surface area contributed by atoms with Crippen LogP contribution in [0.15, 0.2) is 34.9 Å². The minimum Gasteiger partial charge on any atom is -0.396 e. The second kappa shape index (κ2) is 4.06. The van der Waals surface area contributed by atoms with Crippen molar-refractivity contribution in [2.75, 3.05) is 5.73 Å². The molecular formula is C11H12BrN3. The lowest BCUT2D eigenvalue weighted by atomic mass is 10.2. The number of anilines is 1. The minimum absolute atomic E-state index is 0.741. The van der Waals surface area contributed by atoms with E-state index in [0.29, 0.717) is 0 Å². The van der Waals surface area contributed by atoms with Crippen LogP contribution in [0.4, 0.5) is 5.69 Å². The quantitative estimate of drug-likeness (QED) is 0.907. The van der Waals surface area contributed by atoms with Gasteiger partial charge < -0.3 is 5.73 Å². The molecule has 1 heterocycles. The predicted octanol–water partition coefficient (Wildman–Crippen LogP) is 2.58. The predicted molar refractivity (Wildman–Crippen MR) is 64.6 cm³/mol. The molecule has 15 heavy (non-hydrogen) atoms. The molecule has 0 atom stereocenters. The summed E-state index contributed by atoms with van der Waals surface area (Å²) in [6.45, 7) is 2.72. The highest BCUT2D eigenvalue weighted by Gasteiger charge is 2.03. The molecule has 1 aromatic heterocycles. The maximum atomic E-state index is 5.73. The van der Waals surface area contributed by atoms with Crippen LogP contribution < -0.4 is 5.73 Å². The summed E-state index contributed by atoms with van der Waals surface area (Å²) in [5, 5.41) is 4.22. The fraction of sp³-hybridized carbons (Fsp3) is 0.182. The Balaban J connectivity index is 2.26. The van der Waals surface area contributed by atoms with Crippen LogP contribution in [0.3, 0.4) is 0 Å². The van der Waals surface area contributed by atoms with Gasteiger partial charge in [0, 0.05) is 4.47 Å². The molecule has 0 aliphatic carbocycles. The third kappa shape index (κ3) is 2.21. The fourth-order valence-corrected chi connectivity index (χ4v) is 1.88. The molecule has 0 spiro atoms. The summed E-state index contributed by atoms with van der Waals surface area (Å²) in [6, 6.07) is 8.18. The van der Waals surface area contributed by atoms with Crippen LogP contribution in [0, 0.1) is 6.92 Å². The molecule has 0 saturated heterocycles. The number of nitrogen functional groups attached to an aromatic ring is 1. The minimum atomic E-state index is 0.741. The number of halogens is 1. The van der Waals surface area contributed by atoms with Crippen molar-refractivity contribution in [3.8, 4) is 0 Å². The molecule has 0 aliphatic heterocycles. The lowest BCUT2D eigenvalue weighted by Gasteiger charge is -2.05. The van der Waals surface area contributed by atoms with Gasteiger partial charge in [-0.05, 0) is 24.6 Å². The Morgan fingerprint density at radius 2 is 2.27 bits per heavy atom. The summed E-state index contributed by atoms with van der Waals surface area (Å²) in [6.07, 6.45) is 1.69. The normalized spacial score (nSPS) is 10.5. The van der Waals surface area contributed by atoms with Crippen molar-refractivity contribution >= 4 is 21.6 Å². The van der Waals surface area contributed by atoms with Crippen LogP contribution in [0.1, 0.15) is 11.3 Å². The molecule has 0 amide bonds. The molecule has 0 radical (unpaired) electrons. The van der Waals surface area contributed by atoms with Gasteiger partial charge in [0.2, 0.25) is 0 Å². The zero-order valence-electron chi connectivity index (χ0n) is 8.44. The van der Waals surface area contributed by atoms with Crippen molar-refractivity contribution in [1.82, 2.24) is 9.78 Å². The Kier molecular flexibility index (Phi) is 2.77. The number of hydrogen-bond acceptors (Lipinski definition) is 2. The molecule has 0 bridgehead atoms. The number of nitrogens with zero attached hydrogens (tertiary/aromatic N) is 2. The zero-order chi connectivity index (χ0) is 10.8. The van der Waals surface area contributed by atoms with Gasteiger partial charge in [-0.1, -0.05) is 28.1 Å². The average Bonchev–Trinajstić information content (AvgIpc) is 2.50. The Hall–Kier alpha value is -1.29. The van der Waals surface area contributed by atoms with E-state index in [-0.39, 0.29) is 0 Å². The first kappa shape index (κ1) is 10.2. The molecule has 3 nitrogen and oxygen atoms in total. The maximum Gasteiger partial charge on any atom is 0.0730 e. The van der Waals surface area contributed by atoms with Gasteiger partial charge >= 0.3 is 0 Å². The van der Waals surface area contributed by atoms with Crippen molar-refractivity contribution in [3.05, 3.63) is 46.2 Å². The first-order valence-corrected chi connectivity index (χ1v) is 5.48. The molecule has 0 fully saturated rings. The summed E-state index contributed by atoms with van der Waals surface area (Å²) in [5.41, 5.74) is 8.69. The summed E-state index contributed by atoms with van der Waals surface area (Å²) < 4.78 is 2.98. The van der Waals surface area contributed by atoms with Crippen LogP contribution in [-0.2, 0) is 6.54 Å². The zero-order valence-corrected chi connectivity index (χ0v) is 10.0. The van der Waals surface area contributed by atoms with Crippen LogP contribution >= 0.6 is 15.9 Å². The maximum absolute atomic E-state index is 5.73. The highest BCUT2D eigenvalue weighted by molar-refractivity contribution is 9.10. The average molecular weight is 266 g/mol. The van der Waals surface area contributed by atoms with Gasteiger partial charge in [-0.2, -0.15) is 5.10 Å². The van der Waals surface area contributed by atoms with E-state index >= 15 is 0 Å². The third-order valence-electron chi connectivity index (χ3n) is 2.36. The first-order valence-electron chi connectivity index (χ1n) is 4.69. The second-order valence-corrected chi connectivity index (χ2v) is 4.39. The number of hydrogen-bond donors (Lipinski definition) is 1. The molecule has 0 unspecified atom stereocenters. The van der Waals surface area contributed by atoms with E-state index in [0.717, 1.165) is 22.4 Å². The van der Waals surface area contributed by atoms with Crippen LogP contribution in [-0.4, -0.2) is 9.78 Å². The monoisotopic (exact) mass is 265 g/mol. The molecule has 1 aromatic carbocycles. The molecule has 2 N–H and O–H groups in total. The second-order valence-electron chi connectivity index (χ2n) is 3.47. The molecule has 2 aromatic rings. The van der Waals surface area contributed by atoms with Gasteiger partial charge in [-0.3, -0.25) is 4.68 Å². The Bertz CT molecular complexity index is 476. The van der Waals surface area contributed by atoms with E-state index in [1.54, 1.807) is 6.20 Å². The van der Waals surface area contributed by atoms with E-state index < -0.39 is 0 Å². The molecular weight excluding hydrogens is 254 g/mol. The summed E-state index contributed by atoms with van der Waals surface area (Å²) in [5.74, 6) is 0. The van der Waals surface area contributed by atoms with Crippen LogP contribution in [0.2, 0.25) is 0 Å². The number of aromatic nitrogens is 2. The Morgan fingerprint density at radius 3 is 2.87 bits per heavy atom. The third-order valence-corrected chi connectivity index (χ3v) is 2.86. The van der Waals surface area contributed by atoms with Gasteiger partial charge in [-0.15, -0.1) is 0 Å². The van der Waals surface area contributed by atoms with Gasteiger partial charge in [0.05, 0.1) is 24.1 Å². The van der Waals surface area contributed by atoms with Gasteiger partial charge in [0.25, 0.3) is 0 Å². The SMILES string of the molecule is Cc1c(N)cnn1Cc1cccc(Br)c1. The first-order chi connectivity index (χ1) is 7.16. The van der Waals surface area contributed by atoms with E-state index in [1.807, 2.05) is 23.7 Å². The lowest BCUT2D eigenvalue weighted by Crippen LogP contribution is -2.04. The summed E-state index contributed by atoms with van der Waals surface area (Å²) in [7, 11) is 0. The van der Waals surface area contributed by atoms with E-state index in [2.05, 4.69) is 33.2 Å². The lowest BCUT2D eigenvalue weighted by molar-refractivity contribution is 0.665. The number of nitrogens with two attached hydrogens (primary N) is 1.